The van der Waals surface area contributed by atoms with E-state index in [9.17, 15) is 8.78 Å². The van der Waals surface area contributed by atoms with Gasteiger partial charge in [-0.3, -0.25) is 0 Å². The predicted octanol–water partition coefficient (Wildman–Crippen LogP) is 4.27. The highest BCUT2D eigenvalue weighted by Crippen LogP contribution is 2.28. The van der Waals surface area contributed by atoms with E-state index in [4.69, 9.17) is 11.6 Å². The van der Waals surface area contributed by atoms with Crippen molar-refractivity contribution in [2.45, 2.75) is 32.7 Å². The highest BCUT2D eigenvalue weighted by atomic mass is 35.5. The number of hydrogen-bond donors (Lipinski definition) is 0. The van der Waals surface area contributed by atoms with Crippen molar-refractivity contribution in [3.05, 3.63) is 29.6 Å². The molecule has 98 valence electrons. The van der Waals surface area contributed by atoms with Gasteiger partial charge in [0, 0.05) is 12.1 Å². The molecule has 1 aromatic carbocycles. The number of alkyl halides is 1. The van der Waals surface area contributed by atoms with E-state index in [-0.39, 0.29) is 17.4 Å². The average Bonchev–Trinajstić information content (AvgIpc) is 2.66. The first-order chi connectivity index (χ1) is 8.45. The average molecular weight is 273 g/mol. The first-order valence-electron chi connectivity index (χ1n) is 5.87. The summed E-state index contributed by atoms with van der Waals surface area (Å²) in [5.74, 6) is -0.190. The molecule has 5 heteroatoms. The van der Waals surface area contributed by atoms with E-state index in [0.29, 0.717) is 17.3 Å². The Bertz CT molecular complexity index is 578. The van der Waals surface area contributed by atoms with E-state index in [1.165, 1.54) is 6.07 Å². The quantitative estimate of drug-likeness (QED) is 0.763. The standard InChI is InChI=1S/C13H15ClF2N2/c1-7(2)8(3)18-11-5-9(15)4-10(16)13(11)17-12(18)6-14/h4-5,7-8H,6H2,1-3H3. The minimum absolute atomic E-state index is 0.0740. The lowest BCUT2D eigenvalue weighted by atomic mass is 10.1. The van der Waals surface area contributed by atoms with Crippen LogP contribution in [-0.4, -0.2) is 9.55 Å². The molecular formula is C13H15ClF2N2. The predicted molar refractivity (Wildman–Crippen MR) is 68.8 cm³/mol. The molecule has 1 aromatic heterocycles. The largest absolute Gasteiger partial charge is 0.324 e. The van der Waals surface area contributed by atoms with Gasteiger partial charge in [0.1, 0.15) is 17.2 Å². The number of halogens is 3. The molecule has 18 heavy (non-hydrogen) atoms. The van der Waals surface area contributed by atoms with Crippen LogP contribution >= 0.6 is 11.6 Å². The normalized spacial score (nSPS) is 13.5. The molecule has 0 aliphatic rings. The van der Waals surface area contributed by atoms with Gasteiger partial charge in [0.05, 0.1) is 11.4 Å². The molecule has 2 rings (SSSR count). The number of fused-ring (bicyclic) bond motifs is 1. The maximum atomic E-state index is 13.7. The fourth-order valence-electron chi connectivity index (χ4n) is 2.02. The van der Waals surface area contributed by atoms with Crippen LogP contribution in [-0.2, 0) is 5.88 Å². The highest BCUT2D eigenvalue weighted by Gasteiger charge is 2.20. The third-order valence-corrected chi connectivity index (χ3v) is 3.52. The first-order valence-corrected chi connectivity index (χ1v) is 6.41. The molecule has 0 fully saturated rings. The molecule has 2 aromatic rings. The molecule has 0 aliphatic heterocycles. The van der Waals surface area contributed by atoms with E-state index in [1.54, 1.807) is 0 Å². The van der Waals surface area contributed by atoms with E-state index in [2.05, 4.69) is 4.98 Å². The first kappa shape index (κ1) is 13.3. The summed E-state index contributed by atoms with van der Waals surface area (Å²) in [7, 11) is 0. The van der Waals surface area contributed by atoms with E-state index in [1.807, 2.05) is 25.3 Å². The van der Waals surface area contributed by atoms with Gasteiger partial charge in [-0.05, 0) is 18.9 Å². The van der Waals surface area contributed by atoms with Gasteiger partial charge in [-0.1, -0.05) is 13.8 Å². The summed E-state index contributed by atoms with van der Waals surface area (Å²) in [6, 6.07) is 2.22. The Morgan fingerprint density at radius 1 is 1.28 bits per heavy atom. The molecule has 0 saturated heterocycles. The molecule has 0 amide bonds. The van der Waals surface area contributed by atoms with Gasteiger partial charge in [-0.15, -0.1) is 11.6 Å². The minimum atomic E-state index is -0.647. The zero-order valence-corrected chi connectivity index (χ0v) is 11.3. The van der Waals surface area contributed by atoms with Crippen LogP contribution in [0.1, 0.15) is 32.6 Å². The molecule has 2 nitrogen and oxygen atoms in total. The van der Waals surface area contributed by atoms with Gasteiger partial charge in [0.2, 0.25) is 0 Å². The molecule has 0 saturated carbocycles. The second-order valence-corrected chi connectivity index (χ2v) is 5.04. The summed E-state index contributed by atoms with van der Waals surface area (Å²) in [4.78, 5) is 4.16. The summed E-state index contributed by atoms with van der Waals surface area (Å²) < 4.78 is 28.8. The molecule has 0 aliphatic carbocycles. The van der Waals surface area contributed by atoms with Crippen LogP contribution in [0.2, 0.25) is 0 Å². The second kappa shape index (κ2) is 4.84. The van der Waals surface area contributed by atoms with Gasteiger partial charge >= 0.3 is 0 Å². The monoisotopic (exact) mass is 272 g/mol. The van der Waals surface area contributed by atoms with Crippen LogP contribution in [0.25, 0.3) is 11.0 Å². The van der Waals surface area contributed by atoms with Gasteiger partial charge in [-0.25, -0.2) is 13.8 Å². The van der Waals surface area contributed by atoms with E-state index < -0.39 is 11.6 Å². The van der Waals surface area contributed by atoms with Crippen molar-refractivity contribution in [3.63, 3.8) is 0 Å². The maximum absolute atomic E-state index is 13.7. The lowest BCUT2D eigenvalue weighted by Crippen LogP contribution is -2.14. The molecule has 1 unspecified atom stereocenters. The van der Waals surface area contributed by atoms with E-state index in [0.717, 1.165) is 6.07 Å². The molecule has 0 bridgehead atoms. The van der Waals surface area contributed by atoms with Crippen LogP contribution in [0, 0.1) is 17.6 Å². The SMILES string of the molecule is CC(C)C(C)n1c(CCl)nc2c(F)cc(F)cc21. The Hall–Kier alpha value is -1.16. The fourth-order valence-corrected chi connectivity index (χ4v) is 2.20. The lowest BCUT2D eigenvalue weighted by Gasteiger charge is -2.20. The number of nitrogens with zero attached hydrogens (tertiary/aromatic N) is 2. The van der Waals surface area contributed by atoms with Crippen LogP contribution in [0.5, 0.6) is 0 Å². The molecule has 1 atom stereocenters. The summed E-state index contributed by atoms with van der Waals surface area (Å²) in [6.07, 6.45) is 0. The Morgan fingerprint density at radius 2 is 1.94 bits per heavy atom. The zero-order chi connectivity index (χ0) is 13.4. The van der Waals surface area contributed by atoms with Crippen molar-refractivity contribution in [2.24, 2.45) is 5.92 Å². The third kappa shape index (κ3) is 2.09. The Kier molecular flexibility index (Phi) is 3.57. The zero-order valence-electron chi connectivity index (χ0n) is 10.5. The maximum Gasteiger partial charge on any atom is 0.153 e. The third-order valence-electron chi connectivity index (χ3n) is 3.28. The summed E-state index contributed by atoms with van der Waals surface area (Å²) in [5, 5.41) is 0. The molecule has 1 heterocycles. The van der Waals surface area contributed by atoms with Crippen LogP contribution in [0.4, 0.5) is 8.78 Å². The van der Waals surface area contributed by atoms with Gasteiger partial charge in [0.15, 0.2) is 5.82 Å². The molecular weight excluding hydrogens is 258 g/mol. The Labute approximate surface area is 110 Å². The summed E-state index contributed by atoms with van der Waals surface area (Å²) in [6.45, 7) is 6.08. The van der Waals surface area contributed by atoms with Crippen molar-refractivity contribution < 1.29 is 8.78 Å². The smallest absolute Gasteiger partial charge is 0.153 e. The number of imidazole rings is 1. The number of hydrogen-bond acceptors (Lipinski definition) is 1. The number of benzene rings is 1. The van der Waals surface area contributed by atoms with Crippen LogP contribution in [0.3, 0.4) is 0 Å². The van der Waals surface area contributed by atoms with Crippen molar-refractivity contribution in [2.75, 3.05) is 0 Å². The van der Waals surface area contributed by atoms with Crippen LogP contribution < -0.4 is 0 Å². The van der Waals surface area contributed by atoms with Crippen LogP contribution in [0.15, 0.2) is 12.1 Å². The number of rotatable bonds is 3. The lowest BCUT2D eigenvalue weighted by molar-refractivity contribution is 0.408. The topological polar surface area (TPSA) is 17.8 Å². The van der Waals surface area contributed by atoms with Gasteiger partial charge in [0.25, 0.3) is 0 Å². The van der Waals surface area contributed by atoms with E-state index >= 15 is 0 Å². The fraction of sp³-hybridized carbons (Fsp3) is 0.462. The van der Waals surface area contributed by atoms with Crippen molar-refractivity contribution >= 4 is 22.6 Å². The summed E-state index contributed by atoms with van der Waals surface area (Å²) in [5.41, 5.74) is 0.643. The van der Waals surface area contributed by atoms with Crippen molar-refractivity contribution in [3.8, 4) is 0 Å². The Balaban J connectivity index is 2.76. The molecule has 0 N–H and O–H groups in total. The Morgan fingerprint density at radius 3 is 2.50 bits per heavy atom. The molecule has 0 radical (unpaired) electrons. The highest BCUT2D eigenvalue weighted by molar-refractivity contribution is 6.16. The number of aromatic nitrogens is 2. The van der Waals surface area contributed by atoms with Crippen molar-refractivity contribution in [1.29, 1.82) is 0 Å². The van der Waals surface area contributed by atoms with Crippen molar-refractivity contribution in [1.82, 2.24) is 9.55 Å². The van der Waals surface area contributed by atoms with Gasteiger partial charge in [-0.2, -0.15) is 0 Å². The second-order valence-electron chi connectivity index (χ2n) is 4.77. The minimum Gasteiger partial charge on any atom is -0.324 e. The molecule has 0 spiro atoms. The van der Waals surface area contributed by atoms with Gasteiger partial charge < -0.3 is 4.57 Å². The summed E-state index contributed by atoms with van der Waals surface area (Å²) >= 11 is 5.84.